The molecule has 1 aromatic heterocycles. The van der Waals surface area contributed by atoms with Gasteiger partial charge in [0.05, 0.1) is 15.5 Å². The van der Waals surface area contributed by atoms with E-state index in [2.05, 4.69) is 10.1 Å². The van der Waals surface area contributed by atoms with Gasteiger partial charge in [-0.15, -0.1) is 0 Å². The van der Waals surface area contributed by atoms with Gasteiger partial charge in [0.1, 0.15) is 5.82 Å². The molecule has 116 valence electrons. The monoisotopic (exact) mass is 332 g/mol. The first-order chi connectivity index (χ1) is 11.0. The lowest BCUT2D eigenvalue weighted by Gasteiger charge is -2.00. The standard InChI is InChI=1S/C15H10ClFN4O2/c1-20-15(9-5-7-10(8-6-9)21(22)23)18-14(19-20)13-11(16)3-2-4-12(13)17/h2-8H,1H3. The van der Waals surface area contributed by atoms with E-state index in [0.29, 0.717) is 11.4 Å². The molecular formula is C15H10ClFN4O2. The quantitative estimate of drug-likeness (QED) is 0.539. The van der Waals surface area contributed by atoms with E-state index in [1.807, 2.05) is 0 Å². The minimum atomic E-state index is -0.515. The van der Waals surface area contributed by atoms with E-state index in [1.54, 1.807) is 25.2 Å². The maximum atomic E-state index is 14.0. The van der Waals surface area contributed by atoms with E-state index in [-0.39, 0.29) is 22.1 Å². The summed E-state index contributed by atoms with van der Waals surface area (Å²) in [6, 6.07) is 10.2. The molecule has 3 rings (SSSR count). The largest absolute Gasteiger partial charge is 0.269 e. The summed E-state index contributed by atoms with van der Waals surface area (Å²) in [5, 5.41) is 15.1. The van der Waals surface area contributed by atoms with E-state index in [9.17, 15) is 14.5 Å². The summed E-state index contributed by atoms with van der Waals surface area (Å²) in [5.41, 5.74) is 0.732. The van der Waals surface area contributed by atoms with Crippen molar-refractivity contribution in [3.63, 3.8) is 0 Å². The number of aromatic nitrogens is 3. The molecule has 2 aromatic carbocycles. The van der Waals surface area contributed by atoms with Crippen molar-refractivity contribution in [1.29, 1.82) is 0 Å². The van der Waals surface area contributed by atoms with Gasteiger partial charge in [0.2, 0.25) is 0 Å². The number of benzene rings is 2. The molecule has 23 heavy (non-hydrogen) atoms. The van der Waals surface area contributed by atoms with Crippen LogP contribution in [0.4, 0.5) is 10.1 Å². The Morgan fingerprint density at radius 2 is 1.91 bits per heavy atom. The zero-order valence-corrected chi connectivity index (χ0v) is 12.7. The summed E-state index contributed by atoms with van der Waals surface area (Å²) in [7, 11) is 1.65. The summed E-state index contributed by atoms with van der Waals surface area (Å²) in [6.45, 7) is 0. The highest BCUT2D eigenvalue weighted by Gasteiger charge is 2.17. The summed E-state index contributed by atoms with van der Waals surface area (Å²) in [4.78, 5) is 14.5. The highest BCUT2D eigenvalue weighted by atomic mass is 35.5. The SMILES string of the molecule is Cn1nc(-c2c(F)cccc2Cl)nc1-c1ccc([N+](=O)[O-])cc1. The topological polar surface area (TPSA) is 73.8 Å². The fraction of sp³-hybridized carbons (Fsp3) is 0.0667. The number of hydrogen-bond acceptors (Lipinski definition) is 4. The van der Waals surface area contributed by atoms with Gasteiger partial charge in [0.15, 0.2) is 11.6 Å². The van der Waals surface area contributed by atoms with Gasteiger partial charge in [-0.25, -0.2) is 14.1 Å². The second-order valence-electron chi connectivity index (χ2n) is 4.78. The molecule has 6 nitrogen and oxygen atoms in total. The summed E-state index contributed by atoms with van der Waals surface area (Å²) in [5.74, 6) is 0.0940. The first kappa shape index (κ1) is 15.1. The van der Waals surface area contributed by atoms with Crippen LogP contribution in [0.2, 0.25) is 5.02 Å². The Morgan fingerprint density at radius 3 is 2.52 bits per heavy atom. The molecule has 0 aliphatic heterocycles. The maximum absolute atomic E-state index is 14.0. The molecule has 0 saturated carbocycles. The van der Waals surface area contributed by atoms with Crippen molar-refractivity contribution in [1.82, 2.24) is 14.8 Å². The molecule has 0 aliphatic rings. The molecule has 0 fully saturated rings. The number of rotatable bonds is 3. The van der Waals surface area contributed by atoms with Gasteiger partial charge in [-0.05, 0) is 24.3 Å². The second-order valence-corrected chi connectivity index (χ2v) is 5.19. The van der Waals surface area contributed by atoms with Crippen molar-refractivity contribution in [2.75, 3.05) is 0 Å². The van der Waals surface area contributed by atoms with E-state index in [4.69, 9.17) is 11.6 Å². The van der Waals surface area contributed by atoms with Gasteiger partial charge < -0.3 is 0 Å². The lowest BCUT2D eigenvalue weighted by atomic mass is 10.2. The van der Waals surface area contributed by atoms with Crippen LogP contribution in [0.3, 0.4) is 0 Å². The smallest absolute Gasteiger partial charge is 0.258 e. The average Bonchev–Trinajstić information content (AvgIpc) is 2.89. The normalized spacial score (nSPS) is 10.7. The van der Waals surface area contributed by atoms with Gasteiger partial charge in [0.25, 0.3) is 5.69 Å². The van der Waals surface area contributed by atoms with Crippen LogP contribution >= 0.6 is 11.6 Å². The highest BCUT2D eigenvalue weighted by Crippen LogP contribution is 2.30. The molecule has 0 amide bonds. The van der Waals surface area contributed by atoms with E-state index < -0.39 is 10.7 Å². The number of halogens is 2. The molecule has 0 unspecified atom stereocenters. The van der Waals surface area contributed by atoms with Crippen molar-refractivity contribution in [3.8, 4) is 22.8 Å². The molecule has 0 saturated heterocycles. The van der Waals surface area contributed by atoms with Crippen LogP contribution in [0.25, 0.3) is 22.8 Å². The van der Waals surface area contributed by atoms with Crippen molar-refractivity contribution < 1.29 is 9.31 Å². The van der Waals surface area contributed by atoms with Crippen LogP contribution in [-0.2, 0) is 7.05 Å². The Kier molecular flexibility index (Phi) is 3.79. The fourth-order valence-corrected chi connectivity index (χ4v) is 2.43. The van der Waals surface area contributed by atoms with Crippen LogP contribution in [0.5, 0.6) is 0 Å². The molecular weight excluding hydrogens is 323 g/mol. The minimum absolute atomic E-state index is 0.0201. The molecule has 0 N–H and O–H groups in total. The Hall–Kier alpha value is -2.80. The van der Waals surface area contributed by atoms with Crippen molar-refractivity contribution >= 4 is 17.3 Å². The molecule has 0 atom stereocenters. The Balaban J connectivity index is 2.06. The first-order valence-corrected chi connectivity index (χ1v) is 6.95. The lowest BCUT2D eigenvalue weighted by Crippen LogP contribution is -1.95. The van der Waals surface area contributed by atoms with Gasteiger partial charge in [-0.1, -0.05) is 17.7 Å². The summed E-state index contributed by atoms with van der Waals surface area (Å²) < 4.78 is 15.4. The third-order valence-electron chi connectivity index (χ3n) is 3.29. The molecule has 0 aliphatic carbocycles. The predicted molar refractivity (Wildman–Crippen MR) is 83.5 cm³/mol. The zero-order valence-electron chi connectivity index (χ0n) is 11.9. The van der Waals surface area contributed by atoms with Gasteiger partial charge in [-0.3, -0.25) is 10.1 Å². The number of nitrogens with zero attached hydrogens (tertiary/aromatic N) is 4. The Bertz CT molecular complexity index is 873. The van der Waals surface area contributed by atoms with E-state index in [1.165, 1.54) is 28.9 Å². The highest BCUT2D eigenvalue weighted by molar-refractivity contribution is 6.33. The minimum Gasteiger partial charge on any atom is -0.258 e. The third kappa shape index (κ3) is 2.78. The number of hydrogen-bond donors (Lipinski definition) is 0. The van der Waals surface area contributed by atoms with E-state index in [0.717, 1.165) is 0 Å². The Labute approximate surface area is 135 Å². The maximum Gasteiger partial charge on any atom is 0.269 e. The van der Waals surface area contributed by atoms with Crippen molar-refractivity contribution in [2.45, 2.75) is 0 Å². The molecule has 3 aromatic rings. The zero-order chi connectivity index (χ0) is 16.6. The van der Waals surface area contributed by atoms with E-state index >= 15 is 0 Å². The number of non-ortho nitro benzene ring substituents is 1. The molecule has 8 heteroatoms. The summed E-state index contributed by atoms with van der Waals surface area (Å²) in [6.07, 6.45) is 0. The van der Waals surface area contributed by atoms with Gasteiger partial charge in [-0.2, -0.15) is 5.10 Å². The van der Waals surface area contributed by atoms with Gasteiger partial charge >= 0.3 is 0 Å². The molecule has 0 radical (unpaired) electrons. The molecule has 1 heterocycles. The van der Waals surface area contributed by atoms with Crippen molar-refractivity contribution in [3.05, 3.63) is 63.4 Å². The number of nitro benzene ring substituents is 1. The second kappa shape index (κ2) is 5.77. The van der Waals surface area contributed by atoms with Crippen LogP contribution in [0.15, 0.2) is 42.5 Å². The van der Waals surface area contributed by atoms with Crippen LogP contribution in [0.1, 0.15) is 0 Å². The third-order valence-corrected chi connectivity index (χ3v) is 3.60. The Morgan fingerprint density at radius 1 is 1.22 bits per heavy atom. The average molecular weight is 333 g/mol. The van der Waals surface area contributed by atoms with Crippen molar-refractivity contribution in [2.24, 2.45) is 7.05 Å². The number of nitro groups is 1. The van der Waals surface area contributed by atoms with Gasteiger partial charge in [0, 0.05) is 24.7 Å². The fourth-order valence-electron chi connectivity index (χ4n) is 2.19. The summed E-state index contributed by atoms with van der Waals surface area (Å²) >= 11 is 6.02. The predicted octanol–water partition coefficient (Wildman–Crippen LogP) is 3.85. The molecule has 0 bridgehead atoms. The number of aryl methyl sites for hydroxylation is 1. The molecule has 0 spiro atoms. The first-order valence-electron chi connectivity index (χ1n) is 6.57. The van der Waals surface area contributed by atoms with Crippen LogP contribution < -0.4 is 0 Å². The lowest BCUT2D eigenvalue weighted by molar-refractivity contribution is -0.384. The van der Waals surface area contributed by atoms with Crippen LogP contribution in [0, 0.1) is 15.9 Å². The van der Waals surface area contributed by atoms with Crippen LogP contribution in [-0.4, -0.2) is 19.7 Å².